The normalized spacial score (nSPS) is 11.7. The highest BCUT2D eigenvalue weighted by Crippen LogP contribution is 2.30. The van der Waals surface area contributed by atoms with Gasteiger partial charge in [-0.25, -0.2) is 13.1 Å². The number of hydrogen-bond donors (Lipinski definition) is 3. The first-order valence-electron chi connectivity index (χ1n) is 6.25. The molecule has 11 heteroatoms. The number of sulfonamides is 1. The second-order valence-corrected chi connectivity index (χ2v) is 6.07. The third kappa shape index (κ3) is 7.16. The van der Waals surface area contributed by atoms with Crippen molar-refractivity contribution in [3.63, 3.8) is 0 Å². The Labute approximate surface area is 138 Å². The second-order valence-electron chi connectivity index (χ2n) is 4.30. The number of carbonyl (C=O) groups excluding carboxylic acids is 1. The summed E-state index contributed by atoms with van der Waals surface area (Å²) < 4.78 is 63.4. The van der Waals surface area contributed by atoms with Crippen LogP contribution >= 0.6 is 12.4 Å². The fraction of sp³-hybridized carbons (Fsp3) is 0.417. The summed E-state index contributed by atoms with van der Waals surface area (Å²) in [6.45, 7) is 0.259. The molecule has 0 aromatic heterocycles. The molecule has 0 aliphatic heterocycles. The predicted octanol–water partition coefficient (Wildman–Crippen LogP) is 0.741. The number of halogens is 4. The lowest BCUT2D eigenvalue weighted by Gasteiger charge is -2.10. The summed E-state index contributed by atoms with van der Waals surface area (Å²) in [5.74, 6) is -0.578. The van der Waals surface area contributed by atoms with Crippen LogP contribution in [0.1, 0.15) is 5.56 Å². The number of likely N-dealkylation sites (N-methyl/N-ethyl adjacent to an activating group) is 1. The van der Waals surface area contributed by atoms with Gasteiger partial charge in [-0.05, 0) is 25.2 Å². The Morgan fingerprint density at radius 3 is 2.43 bits per heavy atom. The van der Waals surface area contributed by atoms with E-state index in [2.05, 4.69) is 10.6 Å². The van der Waals surface area contributed by atoms with Gasteiger partial charge in [0.1, 0.15) is 0 Å². The first-order chi connectivity index (χ1) is 10.2. The highest BCUT2D eigenvalue weighted by atomic mass is 35.5. The van der Waals surface area contributed by atoms with Gasteiger partial charge in [0.05, 0.1) is 17.0 Å². The van der Waals surface area contributed by atoms with E-state index in [9.17, 15) is 26.4 Å². The number of rotatable bonds is 7. The summed E-state index contributed by atoms with van der Waals surface area (Å²) in [6, 6.07) is 3.30. The molecule has 3 N–H and O–H groups in total. The molecule has 1 rings (SSSR count). The summed E-state index contributed by atoms with van der Waals surface area (Å²) in [6.07, 6.45) is -4.64. The Kier molecular flexibility index (Phi) is 8.53. The van der Waals surface area contributed by atoms with Crippen LogP contribution in [0, 0.1) is 0 Å². The lowest BCUT2D eigenvalue weighted by Crippen LogP contribution is -2.39. The van der Waals surface area contributed by atoms with Crippen LogP contribution in [0.3, 0.4) is 0 Å². The van der Waals surface area contributed by atoms with Crippen LogP contribution in [0.25, 0.3) is 0 Å². The molecule has 132 valence electrons. The molecular weight excluding hydrogens is 359 g/mol. The summed E-state index contributed by atoms with van der Waals surface area (Å²) in [5.41, 5.74) is -1.08. The zero-order chi connectivity index (χ0) is 16.8. The third-order valence-electron chi connectivity index (χ3n) is 2.59. The maximum absolute atomic E-state index is 12.6. The van der Waals surface area contributed by atoms with Gasteiger partial charge in [-0.1, -0.05) is 6.07 Å². The molecule has 0 saturated carbocycles. The summed E-state index contributed by atoms with van der Waals surface area (Å²) >= 11 is 0. The van der Waals surface area contributed by atoms with Gasteiger partial charge in [0, 0.05) is 13.1 Å². The number of carbonyl (C=O) groups is 1. The molecular formula is C12H17ClF3N3O3S. The minimum absolute atomic E-state index is 0. The van der Waals surface area contributed by atoms with E-state index in [-0.39, 0.29) is 12.4 Å². The number of benzene rings is 1. The minimum atomic E-state index is -4.64. The van der Waals surface area contributed by atoms with Crippen LogP contribution in [0.2, 0.25) is 0 Å². The van der Waals surface area contributed by atoms with E-state index < -0.39 is 39.1 Å². The van der Waals surface area contributed by atoms with Crippen molar-refractivity contribution in [3.05, 3.63) is 29.8 Å². The van der Waals surface area contributed by atoms with Crippen LogP contribution in [0.5, 0.6) is 0 Å². The van der Waals surface area contributed by atoms with E-state index in [1.165, 1.54) is 0 Å². The molecule has 0 atom stereocenters. The highest BCUT2D eigenvalue weighted by Gasteiger charge is 2.31. The lowest BCUT2D eigenvalue weighted by atomic mass is 10.2. The van der Waals surface area contributed by atoms with E-state index in [1.54, 1.807) is 7.05 Å². The topological polar surface area (TPSA) is 87.3 Å². The van der Waals surface area contributed by atoms with E-state index in [1.807, 2.05) is 4.72 Å². The van der Waals surface area contributed by atoms with Gasteiger partial charge in [-0.3, -0.25) is 4.79 Å². The molecule has 1 aromatic rings. The first kappa shape index (κ1) is 21.6. The number of nitrogens with one attached hydrogen (secondary N) is 3. The fourth-order valence-electron chi connectivity index (χ4n) is 1.47. The molecule has 0 bridgehead atoms. The van der Waals surface area contributed by atoms with Gasteiger partial charge in [0.15, 0.2) is 0 Å². The Balaban J connectivity index is 0.00000484. The molecule has 0 unspecified atom stereocenters. The fourth-order valence-corrected chi connectivity index (χ4v) is 2.50. The number of amides is 1. The molecule has 0 aliphatic carbocycles. The molecule has 0 heterocycles. The summed E-state index contributed by atoms with van der Waals surface area (Å²) in [4.78, 5) is 10.8. The Morgan fingerprint density at radius 1 is 1.22 bits per heavy atom. The van der Waals surface area contributed by atoms with Crippen molar-refractivity contribution < 1.29 is 26.4 Å². The molecule has 0 saturated heterocycles. The van der Waals surface area contributed by atoms with Crippen molar-refractivity contribution in [1.29, 1.82) is 0 Å². The molecule has 0 spiro atoms. The maximum Gasteiger partial charge on any atom is 0.416 e. The second kappa shape index (κ2) is 9.06. The van der Waals surface area contributed by atoms with Crippen molar-refractivity contribution in [1.82, 2.24) is 15.4 Å². The van der Waals surface area contributed by atoms with Crippen LogP contribution < -0.4 is 15.4 Å². The van der Waals surface area contributed by atoms with Gasteiger partial charge in [0.25, 0.3) is 0 Å². The highest BCUT2D eigenvalue weighted by molar-refractivity contribution is 7.89. The minimum Gasteiger partial charge on any atom is -0.354 e. The number of hydrogen-bond acceptors (Lipinski definition) is 4. The standard InChI is InChI=1S/C12H16F3N3O3S.ClH/c1-16-5-6-17-11(19)8-18-22(20,21)10-4-2-3-9(7-10)12(13,14)15;/h2-4,7,16,18H,5-6,8H2,1H3,(H,17,19);1H. The predicted molar refractivity (Wildman–Crippen MR) is 80.8 cm³/mol. The largest absolute Gasteiger partial charge is 0.416 e. The molecule has 0 aliphatic rings. The molecule has 6 nitrogen and oxygen atoms in total. The van der Waals surface area contributed by atoms with E-state index >= 15 is 0 Å². The van der Waals surface area contributed by atoms with E-state index in [0.717, 1.165) is 18.2 Å². The number of alkyl halides is 3. The van der Waals surface area contributed by atoms with Gasteiger partial charge in [-0.15, -0.1) is 12.4 Å². The SMILES string of the molecule is CNCCNC(=O)CNS(=O)(=O)c1cccc(C(F)(F)F)c1.Cl. The average molecular weight is 376 g/mol. The van der Waals surface area contributed by atoms with Crippen LogP contribution in [0.15, 0.2) is 29.2 Å². The molecule has 0 fully saturated rings. The molecule has 1 aromatic carbocycles. The van der Waals surface area contributed by atoms with Gasteiger partial charge >= 0.3 is 6.18 Å². The van der Waals surface area contributed by atoms with Crippen molar-refractivity contribution >= 4 is 28.3 Å². The zero-order valence-electron chi connectivity index (χ0n) is 12.1. The van der Waals surface area contributed by atoms with Crippen molar-refractivity contribution in [2.45, 2.75) is 11.1 Å². The smallest absolute Gasteiger partial charge is 0.354 e. The van der Waals surface area contributed by atoms with Crippen LogP contribution in [0.4, 0.5) is 13.2 Å². The molecule has 1 amide bonds. The monoisotopic (exact) mass is 375 g/mol. The lowest BCUT2D eigenvalue weighted by molar-refractivity contribution is -0.137. The van der Waals surface area contributed by atoms with E-state index in [0.29, 0.717) is 19.2 Å². The van der Waals surface area contributed by atoms with Crippen molar-refractivity contribution in [2.75, 3.05) is 26.7 Å². The third-order valence-corrected chi connectivity index (χ3v) is 3.99. The van der Waals surface area contributed by atoms with Crippen LogP contribution in [-0.4, -0.2) is 41.0 Å². The van der Waals surface area contributed by atoms with Crippen molar-refractivity contribution in [2.24, 2.45) is 0 Å². The Morgan fingerprint density at radius 2 is 1.87 bits per heavy atom. The van der Waals surface area contributed by atoms with Gasteiger partial charge in [0.2, 0.25) is 15.9 Å². The molecule has 23 heavy (non-hydrogen) atoms. The maximum atomic E-state index is 12.6. The quantitative estimate of drug-likeness (QED) is 0.613. The van der Waals surface area contributed by atoms with Crippen molar-refractivity contribution in [3.8, 4) is 0 Å². The average Bonchev–Trinajstić information content (AvgIpc) is 2.45. The summed E-state index contributed by atoms with van der Waals surface area (Å²) in [5, 5.41) is 5.22. The molecule has 0 radical (unpaired) electrons. The summed E-state index contributed by atoms with van der Waals surface area (Å²) in [7, 11) is -2.51. The van der Waals surface area contributed by atoms with Crippen LogP contribution in [-0.2, 0) is 21.0 Å². The van der Waals surface area contributed by atoms with Gasteiger partial charge in [-0.2, -0.15) is 13.2 Å². The van der Waals surface area contributed by atoms with Gasteiger partial charge < -0.3 is 10.6 Å². The Bertz CT molecular complexity index is 623. The van der Waals surface area contributed by atoms with E-state index in [4.69, 9.17) is 0 Å². The zero-order valence-corrected chi connectivity index (χ0v) is 13.7. The first-order valence-corrected chi connectivity index (χ1v) is 7.73. The Hall–Kier alpha value is -1.36.